The number of rotatable bonds is 4. The Hall–Kier alpha value is -1.52. The fraction of sp³-hybridized carbons (Fsp3) is 0.357. The predicted molar refractivity (Wildman–Crippen MR) is 76.6 cm³/mol. The average Bonchev–Trinajstić information content (AvgIpc) is 2.80. The molecule has 0 fully saturated rings. The maximum atomic E-state index is 6.35. The van der Waals surface area contributed by atoms with E-state index in [9.17, 15) is 0 Å². The van der Waals surface area contributed by atoms with Gasteiger partial charge in [-0.05, 0) is 19.9 Å². The lowest BCUT2D eigenvalue weighted by molar-refractivity contribution is 0.405. The lowest BCUT2D eigenvalue weighted by Gasteiger charge is -2.19. The summed E-state index contributed by atoms with van der Waals surface area (Å²) in [5, 5.41) is 4.86. The molecule has 0 amide bonds. The largest absolute Gasteiger partial charge is 0.496 e. The minimum absolute atomic E-state index is 0.197. The van der Waals surface area contributed by atoms with Gasteiger partial charge in [-0.1, -0.05) is 29.8 Å². The quantitative estimate of drug-likeness (QED) is 0.935. The number of halogens is 1. The summed E-state index contributed by atoms with van der Waals surface area (Å²) in [5.41, 5.74) is 8.06. The summed E-state index contributed by atoms with van der Waals surface area (Å²) in [7, 11) is 1.63. The molecular formula is C14H18ClN3O. The minimum Gasteiger partial charge on any atom is -0.496 e. The molecule has 0 aliphatic carbocycles. The highest BCUT2D eigenvalue weighted by Gasteiger charge is 2.22. The molecule has 1 heterocycles. The minimum atomic E-state index is -0.367. The number of methoxy groups -OCH3 is 1. The van der Waals surface area contributed by atoms with E-state index in [1.54, 1.807) is 13.3 Å². The smallest absolute Gasteiger partial charge is 0.124 e. The maximum Gasteiger partial charge on any atom is 0.124 e. The van der Waals surface area contributed by atoms with Crippen LogP contribution in [0.3, 0.4) is 0 Å². The second-order valence-corrected chi connectivity index (χ2v) is 5.04. The van der Waals surface area contributed by atoms with Crippen molar-refractivity contribution < 1.29 is 4.74 Å². The number of hydrogen-bond acceptors (Lipinski definition) is 3. The molecule has 0 saturated heterocycles. The lowest BCUT2D eigenvalue weighted by atomic mass is 10.0. The summed E-state index contributed by atoms with van der Waals surface area (Å²) in [6.07, 6.45) is 1.63. The number of hydrogen-bond donors (Lipinski definition) is 1. The average molecular weight is 280 g/mol. The molecule has 0 aliphatic heterocycles. The number of para-hydroxylation sites is 1. The van der Waals surface area contributed by atoms with Crippen molar-refractivity contribution in [2.75, 3.05) is 7.11 Å². The molecule has 1 aromatic carbocycles. The van der Waals surface area contributed by atoms with Crippen molar-refractivity contribution in [2.45, 2.75) is 25.9 Å². The summed E-state index contributed by atoms with van der Waals surface area (Å²) in [6.45, 7) is 4.09. The SMILES string of the molecule is COc1ccccc1C(N)c1c(Cl)cnn1C(C)C. The van der Waals surface area contributed by atoms with E-state index >= 15 is 0 Å². The van der Waals surface area contributed by atoms with Crippen molar-refractivity contribution in [1.82, 2.24) is 9.78 Å². The van der Waals surface area contributed by atoms with Gasteiger partial charge >= 0.3 is 0 Å². The molecule has 2 N–H and O–H groups in total. The Bertz CT molecular complexity index is 566. The first-order chi connectivity index (χ1) is 9.06. The summed E-state index contributed by atoms with van der Waals surface area (Å²) < 4.78 is 7.20. The fourth-order valence-electron chi connectivity index (χ4n) is 2.12. The number of nitrogens with zero attached hydrogens (tertiary/aromatic N) is 2. The van der Waals surface area contributed by atoms with Crippen LogP contribution in [0.1, 0.15) is 37.2 Å². The van der Waals surface area contributed by atoms with Crippen molar-refractivity contribution >= 4 is 11.6 Å². The number of aromatic nitrogens is 2. The van der Waals surface area contributed by atoms with Gasteiger partial charge in [-0.15, -0.1) is 0 Å². The van der Waals surface area contributed by atoms with Gasteiger partial charge in [0.15, 0.2) is 0 Å². The van der Waals surface area contributed by atoms with Crippen molar-refractivity contribution in [2.24, 2.45) is 5.73 Å². The second kappa shape index (κ2) is 5.63. The Balaban J connectivity index is 2.50. The lowest BCUT2D eigenvalue weighted by Crippen LogP contribution is -2.19. The van der Waals surface area contributed by atoms with Crippen molar-refractivity contribution in [3.8, 4) is 5.75 Å². The highest BCUT2D eigenvalue weighted by Crippen LogP contribution is 2.32. The van der Waals surface area contributed by atoms with Crippen molar-refractivity contribution in [3.05, 3.63) is 46.7 Å². The normalized spacial score (nSPS) is 12.7. The zero-order chi connectivity index (χ0) is 14.0. The highest BCUT2D eigenvalue weighted by molar-refractivity contribution is 6.31. The van der Waals surface area contributed by atoms with E-state index in [1.807, 2.05) is 42.8 Å². The van der Waals surface area contributed by atoms with Crippen molar-refractivity contribution in [1.29, 1.82) is 0 Å². The van der Waals surface area contributed by atoms with Crippen LogP contribution < -0.4 is 10.5 Å². The molecule has 4 nitrogen and oxygen atoms in total. The standard InChI is InChI=1S/C14H18ClN3O/c1-9(2)18-14(11(15)8-17-18)13(16)10-6-4-5-7-12(10)19-3/h4-9,13H,16H2,1-3H3. The van der Waals surface area contributed by atoms with Gasteiger partial charge in [0.2, 0.25) is 0 Å². The third-order valence-corrected chi connectivity index (χ3v) is 3.34. The van der Waals surface area contributed by atoms with E-state index in [1.165, 1.54) is 0 Å². The van der Waals surface area contributed by atoms with E-state index in [0.717, 1.165) is 17.0 Å². The molecule has 0 saturated carbocycles. The van der Waals surface area contributed by atoms with Gasteiger partial charge < -0.3 is 10.5 Å². The monoisotopic (exact) mass is 279 g/mol. The molecule has 1 unspecified atom stereocenters. The van der Waals surface area contributed by atoms with Crippen LogP contribution in [0, 0.1) is 0 Å². The fourth-order valence-corrected chi connectivity index (χ4v) is 2.37. The Labute approximate surface area is 118 Å². The highest BCUT2D eigenvalue weighted by atomic mass is 35.5. The number of benzene rings is 1. The third-order valence-electron chi connectivity index (χ3n) is 3.04. The third kappa shape index (κ3) is 2.60. The van der Waals surface area contributed by atoms with E-state index in [-0.39, 0.29) is 12.1 Å². The first-order valence-electron chi connectivity index (χ1n) is 6.17. The first-order valence-corrected chi connectivity index (χ1v) is 6.55. The molecule has 102 valence electrons. The summed E-state index contributed by atoms with van der Waals surface area (Å²) >= 11 is 6.23. The van der Waals surface area contributed by atoms with Crippen LogP contribution in [0.5, 0.6) is 5.75 Å². The molecule has 0 spiro atoms. The molecule has 1 atom stereocenters. The Morgan fingerprint density at radius 1 is 1.32 bits per heavy atom. The molecule has 1 aromatic heterocycles. The van der Waals surface area contributed by atoms with E-state index < -0.39 is 0 Å². The summed E-state index contributed by atoms with van der Waals surface area (Å²) in [6, 6.07) is 7.51. The van der Waals surface area contributed by atoms with E-state index in [4.69, 9.17) is 22.1 Å². The zero-order valence-electron chi connectivity index (χ0n) is 11.3. The van der Waals surface area contributed by atoms with Crippen LogP contribution >= 0.6 is 11.6 Å². The first kappa shape index (κ1) is 13.9. The van der Waals surface area contributed by atoms with Gasteiger partial charge in [0.25, 0.3) is 0 Å². The van der Waals surface area contributed by atoms with Gasteiger partial charge in [0.05, 0.1) is 30.1 Å². The molecule has 19 heavy (non-hydrogen) atoms. The summed E-state index contributed by atoms with van der Waals surface area (Å²) in [5.74, 6) is 0.752. The van der Waals surface area contributed by atoms with Gasteiger partial charge in [-0.2, -0.15) is 5.10 Å². The van der Waals surface area contributed by atoms with E-state index in [2.05, 4.69) is 5.10 Å². The van der Waals surface area contributed by atoms with Crippen LogP contribution in [0.15, 0.2) is 30.5 Å². The van der Waals surface area contributed by atoms with Gasteiger partial charge in [-0.25, -0.2) is 0 Å². The maximum absolute atomic E-state index is 6.35. The van der Waals surface area contributed by atoms with Crippen LogP contribution in [0.4, 0.5) is 0 Å². The molecule has 0 radical (unpaired) electrons. The van der Waals surface area contributed by atoms with Crippen molar-refractivity contribution in [3.63, 3.8) is 0 Å². The Morgan fingerprint density at radius 2 is 2.00 bits per heavy atom. The Morgan fingerprint density at radius 3 is 2.63 bits per heavy atom. The number of nitrogens with two attached hydrogens (primary N) is 1. The molecule has 0 aliphatic rings. The van der Waals surface area contributed by atoms with Gasteiger partial charge in [-0.3, -0.25) is 4.68 Å². The predicted octanol–water partition coefficient (Wildman–Crippen LogP) is 3.17. The van der Waals surface area contributed by atoms with Crippen LogP contribution in [-0.4, -0.2) is 16.9 Å². The Kier molecular flexibility index (Phi) is 4.12. The van der Waals surface area contributed by atoms with Gasteiger partial charge in [0.1, 0.15) is 5.75 Å². The molecule has 2 rings (SSSR count). The molecule has 0 bridgehead atoms. The van der Waals surface area contributed by atoms with Crippen LogP contribution in [0.2, 0.25) is 5.02 Å². The molecule has 5 heteroatoms. The van der Waals surface area contributed by atoms with E-state index in [0.29, 0.717) is 5.02 Å². The zero-order valence-corrected chi connectivity index (χ0v) is 12.1. The molecule has 2 aromatic rings. The molecular weight excluding hydrogens is 262 g/mol. The van der Waals surface area contributed by atoms with Crippen LogP contribution in [0.25, 0.3) is 0 Å². The van der Waals surface area contributed by atoms with Crippen LogP contribution in [-0.2, 0) is 0 Å². The topological polar surface area (TPSA) is 53.1 Å². The summed E-state index contributed by atoms with van der Waals surface area (Å²) in [4.78, 5) is 0. The number of ether oxygens (including phenoxy) is 1. The second-order valence-electron chi connectivity index (χ2n) is 4.64. The van der Waals surface area contributed by atoms with Gasteiger partial charge in [0, 0.05) is 11.6 Å².